The maximum absolute atomic E-state index is 13.6. The van der Waals surface area contributed by atoms with E-state index in [1.165, 1.54) is 4.90 Å². The molecule has 0 radical (unpaired) electrons. The fourth-order valence-electron chi connectivity index (χ4n) is 6.08. The molecular formula is C29H34BN3O9. The Balaban J connectivity index is 1.41. The highest BCUT2D eigenvalue weighted by molar-refractivity contribution is 6.63. The Morgan fingerprint density at radius 2 is 1.48 bits per heavy atom. The van der Waals surface area contributed by atoms with Crippen molar-refractivity contribution in [2.45, 2.75) is 70.1 Å². The van der Waals surface area contributed by atoms with E-state index in [-0.39, 0.29) is 37.1 Å². The summed E-state index contributed by atoms with van der Waals surface area (Å²) in [6.07, 6.45) is -1.88. The molecule has 2 aromatic rings. The van der Waals surface area contributed by atoms with E-state index in [4.69, 9.17) is 14.5 Å². The lowest BCUT2D eigenvalue weighted by Gasteiger charge is -2.22. The van der Waals surface area contributed by atoms with Crippen molar-refractivity contribution in [3.63, 3.8) is 0 Å². The number of carboxylic acids is 1. The fourth-order valence-corrected chi connectivity index (χ4v) is 6.08. The predicted octanol–water partition coefficient (Wildman–Crippen LogP) is 0.500. The molecule has 5 rings (SSSR count). The van der Waals surface area contributed by atoms with Gasteiger partial charge in [0.05, 0.1) is 29.7 Å². The van der Waals surface area contributed by atoms with E-state index in [0.717, 1.165) is 0 Å². The van der Waals surface area contributed by atoms with Crippen LogP contribution in [-0.2, 0) is 30.2 Å². The minimum absolute atomic E-state index is 0.0281. The van der Waals surface area contributed by atoms with E-state index >= 15 is 0 Å². The van der Waals surface area contributed by atoms with Gasteiger partial charge in [-0.3, -0.25) is 19.2 Å². The SMILES string of the molecule is CC1(C)OB(O)c2c(C(=O)NC3CN(C(=O)CCC(=O)O)CC3NC(=O)c3cccc4c3C(O)OC4(C)C)cccc21. The molecule has 3 atom stereocenters. The first-order chi connectivity index (χ1) is 19.7. The van der Waals surface area contributed by atoms with Gasteiger partial charge >= 0.3 is 13.1 Å². The molecule has 3 unspecified atom stereocenters. The second kappa shape index (κ2) is 10.8. The number of carbonyl (C=O) groups excluding carboxylic acids is 3. The summed E-state index contributed by atoms with van der Waals surface area (Å²) in [7, 11) is -1.30. The zero-order chi connectivity index (χ0) is 30.6. The van der Waals surface area contributed by atoms with Crippen LogP contribution in [0.15, 0.2) is 36.4 Å². The normalized spacial score (nSPS) is 23.3. The molecule has 1 saturated heterocycles. The Kier molecular flexibility index (Phi) is 7.65. The predicted molar refractivity (Wildman–Crippen MR) is 150 cm³/mol. The lowest BCUT2D eigenvalue weighted by molar-refractivity contribution is -0.158. The Morgan fingerprint density at radius 1 is 0.905 bits per heavy atom. The van der Waals surface area contributed by atoms with Crippen LogP contribution in [0.2, 0.25) is 0 Å². The summed E-state index contributed by atoms with van der Waals surface area (Å²) >= 11 is 0. The lowest BCUT2D eigenvalue weighted by Crippen LogP contribution is -2.52. The van der Waals surface area contributed by atoms with Crippen molar-refractivity contribution in [1.82, 2.24) is 15.5 Å². The number of fused-ring (bicyclic) bond motifs is 2. The second-order valence-corrected chi connectivity index (χ2v) is 11.8. The second-order valence-electron chi connectivity index (χ2n) is 11.8. The molecule has 5 N–H and O–H groups in total. The highest BCUT2D eigenvalue weighted by Crippen LogP contribution is 2.43. The summed E-state index contributed by atoms with van der Waals surface area (Å²) in [6.45, 7) is 7.21. The number of benzene rings is 2. The summed E-state index contributed by atoms with van der Waals surface area (Å²) in [5, 5.41) is 36.0. The van der Waals surface area contributed by atoms with Crippen molar-refractivity contribution in [3.8, 4) is 0 Å². The summed E-state index contributed by atoms with van der Waals surface area (Å²) in [6, 6.07) is 8.59. The largest absolute Gasteiger partial charge is 0.492 e. The first-order valence-electron chi connectivity index (χ1n) is 13.8. The standard InChI is InChI=1S/C29H34BN3O9/c1-28(2)17-9-5-7-15(23(17)27(39)41-28)25(37)31-19-13-33(21(34)11-12-22(35)36)14-20(19)32-26(38)16-8-6-10-18-24(16)30(40)42-29(18,3)4/h5-10,19-20,27,39-40H,11-14H2,1-4H3,(H,31,37)(H,32,38)(H,35,36). The molecule has 0 aromatic heterocycles. The fraction of sp³-hybridized carbons (Fsp3) is 0.448. The summed E-state index contributed by atoms with van der Waals surface area (Å²) < 4.78 is 11.3. The molecule has 1 fully saturated rings. The van der Waals surface area contributed by atoms with Crippen LogP contribution in [-0.4, -0.2) is 76.1 Å². The molecular weight excluding hydrogens is 545 g/mol. The van der Waals surface area contributed by atoms with Crippen molar-refractivity contribution in [2.75, 3.05) is 13.1 Å². The molecule has 0 bridgehead atoms. The van der Waals surface area contributed by atoms with Gasteiger partial charge in [0.1, 0.15) is 0 Å². The van der Waals surface area contributed by atoms with Crippen LogP contribution < -0.4 is 16.1 Å². The number of ether oxygens (including phenoxy) is 1. The maximum atomic E-state index is 13.6. The van der Waals surface area contributed by atoms with Crippen LogP contribution >= 0.6 is 0 Å². The number of hydrogen-bond acceptors (Lipinski definition) is 8. The topological polar surface area (TPSA) is 175 Å². The number of aliphatic hydroxyl groups is 1. The van der Waals surface area contributed by atoms with E-state index in [1.54, 1.807) is 64.1 Å². The van der Waals surface area contributed by atoms with Crippen LogP contribution in [0.25, 0.3) is 0 Å². The Hall–Kier alpha value is -3.78. The molecule has 3 heterocycles. The molecule has 3 aliphatic rings. The van der Waals surface area contributed by atoms with Gasteiger partial charge in [0, 0.05) is 41.7 Å². The van der Waals surface area contributed by atoms with Gasteiger partial charge in [-0.1, -0.05) is 24.3 Å². The number of nitrogens with one attached hydrogen (secondary N) is 2. The van der Waals surface area contributed by atoms with Gasteiger partial charge in [0.2, 0.25) is 5.91 Å². The van der Waals surface area contributed by atoms with E-state index < -0.39 is 60.4 Å². The van der Waals surface area contributed by atoms with Crippen molar-refractivity contribution in [2.24, 2.45) is 0 Å². The summed E-state index contributed by atoms with van der Waals surface area (Å²) in [5.74, 6) is -2.59. The van der Waals surface area contributed by atoms with Crippen molar-refractivity contribution in [3.05, 3.63) is 64.2 Å². The highest BCUT2D eigenvalue weighted by Gasteiger charge is 2.45. The lowest BCUT2D eigenvalue weighted by atomic mass is 9.75. The zero-order valence-corrected chi connectivity index (χ0v) is 23.8. The Bertz CT molecular complexity index is 1370. The molecule has 13 heteroatoms. The number of carbonyl (C=O) groups is 4. The number of carboxylic acid groups (broad SMARTS) is 1. The first kappa shape index (κ1) is 29.7. The van der Waals surface area contributed by atoms with Gasteiger partial charge in [0.15, 0.2) is 6.29 Å². The van der Waals surface area contributed by atoms with Crippen LogP contribution in [0.3, 0.4) is 0 Å². The van der Waals surface area contributed by atoms with Crippen LogP contribution in [0.1, 0.15) is 84.2 Å². The van der Waals surface area contributed by atoms with Crippen LogP contribution in [0.5, 0.6) is 0 Å². The smallest absolute Gasteiger partial charge is 0.481 e. The van der Waals surface area contributed by atoms with E-state index in [1.807, 2.05) is 0 Å². The number of aliphatic hydroxyl groups excluding tert-OH is 1. The van der Waals surface area contributed by atoms with Gasteiger partial charge in [0.25, 0.3) is 11.8 Å². The molecule has 0 aliphatic carbocycles. The molecule has 12 nitrogen and oxygen atoms in total. The van der Waals surface area contributed by atoms with Gasteiger partial charge in [-0.15, -0.1) is 0 Å². The number of aliphatic carboxylic acids is 1. The van der Waals surface area contributed by atoms with Gasteiger partial charge in [-0.05, 0) is 51.0 Å². The van der Waals surface area contributed by atoms with Gasteiger partial charge < -0.3 is 40.2 Å². The number of rotatable bonds is 7. The number of nitrogens with zero attached hydrogens (tertiary/aromatic N) is 1. The van der Waals surface area contributed by atoms with Crippen molar-refractivity contribution in [1.29, 1.82) is 0 Å². The van der Waals surface area contributed by atoms with E-state index in [0.29, 0.717) is 22.2 Å². The van der Waals surface area contributed by atoms with Gasteiger partial charge in [-0.25, -0.2) is 0 Å². The third-order valence-corrected chi connectivity index (χ3v) is 8.16. The minimum atomic E-state index is -1.30. The van der Waals surface area contributed by atoms with E-state index in [2.05, 4.69) is 10.6 Å². The van der Waals surface area contributed by atoms with Gasteiger partial charge in [-0.2, -0.15) is 0 Å². The number of hydrogen-bond donors (Lipinski definition) is 5. The van der Waals surface area contributed by atoms with E-state index in [9.17, 15) is 29.3 Å². The van der Waals surface area contributed by atoms with Crippen molar-refractivity contribution < 1.29 is 43.8 Å². The summed E-state index contributed by atoms with van der Waals surface area (Å²) in [5.41, 5.74) is 0.845. The molecule has 222 valence electrons. The zero-order valence-electron chi connectivity index (χ0n) is 23.8. The first-order valence-corrected chi connectivity index (χ1v) is 13.8. The molecule has 3 aliphatic heterocycles. The average molecular weight is 579 g/mol. The monoisotopic (exact) mass is 579 g/mol. The molecule has 2 aromatic carbocycles. The molecule has 0 spiro atoms. The third-order valence-electron chi connectivity index (χ3n) is 8.16. The molecule has 0 saturated carbocycles. The maximum Gasteiger partial charge on any atom is 0.492 e. The number of likely N-dealkylation sites (tertiary alicyclic amines) is 1. The summed E-state index contributed by atoms with van der Waals surface area (Å²) in [4.78, 5) is 52.4. The number of amides is 3. The van der Waals surface area contributed by atoms with Crippen LogP contribution in [0, 0.1) is 0 Å². The third kappa shape index (κ3) is 5.40. The minimum Gasteiger partial charge on any atom is -0.481 e. The quantitative estimate of drug-likeness (QED) is 0.293. The highest BCUT2D eigenvalue weighted by atomic mass is 16.6. The van der Waals surface area contributed by atoms with Crippen LogP contribution in [0.4, 0.5) is 0 Å². The average Bonchev–Trinajstić information content (AvgIpc) is 3.50. The molecule has 3 amide bonds. The Morgan fingerprint density at radius 3 is 2.10 bits per heavy atom. The Labute approximate surface area is 243 Å². The van der Waals surface area contributed by atoms with Crippen molar-refractivity contribution >= 4 is 36.3 Å². The molecule has 42 heavy (non-hydrogen) atoms.